The van der Waals surface area contributed by atoms with Gasteiger partial charge in [0.2, 0.25) is 0 Å². The Hall–Kier alpha value is -3.04. The standard InChI is InChI=1S/C17H15F4N3O3/c1-10(14-13(18)4-3-7-22-14)24(15(25)16(26)27-2)9-12-6-5-11(8-23-12)17(19,20)21/h3-8,10H,9H2,1-2H3. The lowest BCUT2D eigenvalue weighted by Crippen LogP contribution is -2.39. The van der Waals surface area contributed by atoms with E-state index in [1.807, 2.05) is 0 Å². The van der Waals surface area contributed by atoms with Crippen LogP contribution in [0.15, 0.2) is 36.7 Å². The monoisotopic (exact) mass is 385 g/mol. The molecule has 0 spiro atoms. The highest BCUT2D eigenvalue weighted by Gasteiger charge is 2.32. The van der Waals surface area contributed by atoms with E-state index in [2.05, 4.69) is 14.7 Å². The molecule has 1 atom stereocenters. The number of methoxy groups -OCH3 is 1. The number of nitrogens with zero attached hydrogens (tertiary/aromatic N) is 3. The average Bonchev–Trinajstić information content (AvgIpc) is 2.64. The Morgan fingerprint density at radius 2 is 1.93 bits per heavy atom. The zero-order valence-corrected chi connectivity index (χ0v) is 14.3. The fourth-order valence-corrected chi connectivity index (χ4v) is 2.30. The molecule has 144 valence electrons. The molecule has 0 aliphatic carbocycles. The average molecular weight is 385 g/mol. The number of carbonyl (C=O) groups is 2. The van der Waals surface area contributed by atoms with Crippen LogP contribution in [0, 0.1) is 5.82 Å². The number of aromatic nitrogens is 2. The molecule has 27 heavy (non-hydrogen) atoms. The van der Waals surface area contributed by atoms with Crippen LogP contribution in [-0.4, -0.2) is 33.9 Å². The van der Waals surface area contributed by atoms with Crippen molar-refractivity contribution >= 4 is 11.9 Å². The molecular weight excluding hydrogens is 370 g/mol. The minimum atomic E-state index is -4.56. The molecule has 0 bridgehead atoms. The molecule has 0 aromatic carbocycles. The van der Waals surface area contributed by atoms with Crippen molar-refractivity contribution < 1.29 is 31.9 Å². The second-order valence-corrected chi connectivity index (χ2v) is 5.51. The van der Waals surface area contributed by atoms with Gasteiger partial charge in [0.1, 0.15) is 5.82 Å². The smallest absolute Gasteiger partial charge is 0.417 e. The predicted octanol–water partition coefficient (Wildman–Crippen LogP) is 2.90. The Morgan fingerprint density at radius 1 is 1.22 bits per heavy atom. The van der Waals surface area contributed by atoms with Crippen molar-refractivity contribution in [3.05, 3.63) is 59.4 Å². The van der Waals surface area contributed by atoms with Gasteiger partial charge in [-0.25, -0.2) is 9.18 Å². The summed E-state index contributed by atoms with van der Waals surface area (Å²) in [6.07, 6.45) is -2.63. The van der Waals surface area contributed by atoms with Gasteiger partial charge in [-0.05, 0) is 31.2 Å². The number of pyridine rings is 2. The lowest BCUT2D eigenvalue weighted by Gasteiger charge is -2.27. The Bertz CT molecular complexity index is 825. The summed E-state index contributed by atoms with van der Waals surface area (Å²) in [5, 5.41) is 0. The zero-order chi connectivity index (χ0) is 20.2. The van der Waals surface area contributed by atoms with Gasteiger partial charge >= 0.3 is 18.1 Å². The van der Waals surface area contributed by atoms with E-state index in [0.717, 1.165) is 30.2 Å². The van der Waals surface area contributed by atoms with E-state index in [1.54, 1.807) is 0 Å². The maximum atomic E-state index is 14.0. The van der Waals surface area contributed by atoms with Crippen molar-refractivity contribution in [1.82, 2.24) is 14.9 Å². The molecule has 2 heterocycles. The first kappa shape index (κ1) is 20.3. The van der Waals surface area contributed by atoms with Gasteiger partial charge in [0.15, 0.2) is 0 Å². The van der Waals surface area contributed by atoms with Gasteiger partial charge < -0.3 is 9.64 Å². The number of rotatable bonds is 4. The largest absolute Gasteiger partial charge is 0.462 e. The van der Waals surface area contributed by atoms with E-state index in [1.165, 1.54) is 19.2 Å². The second-order valence-electron chi connectivity index (χ2n) is 5.51. The van der Waals surface area contributed by atoms with Gasteiger partial charge in [-0.1, -0.05) is 0 Å². The van der Waals surface area contributed by atoms with Crippen molar-refractivity contribution in [3.8, 4) is 0 Å². The molecule has 0 saturated carbocycles. The van der Waals surface area contributed by atoms with Gasteiger partial charge in [0.05, 0.1) is 36.6 Å². The third-order valence-corrected chi connectivity index (χ3v) is 3.76. The minimum absolute atomic E-state index is 0.0726. The summed E-state index contributed by atoms with van der Waals surface area (Å²) in [4.78, 5) is 32.4. The van der Waals surface area contributed by atoms with E-state index < -0.39 is 35.5 Å². The van der Waals surface area contributed by atoms with Crippen molar-refractivity contribution in [2.24, 2.45) is 0 Å². The van der Waals surface area contributed by atoms with E-state index in [9.17, 15) is 27.2 Å². The highest BCUT2D eigenvalue weighted by Crippen LogP contribution is 2.29. The number of alkyl halides is 3. The maximum absolute atomic E-state index is 14.0. The highest BCUT2D eigenvalue weighted by atomic mass is 19.4. The molecule has 1 unspecified atom stereocenters. The molecule has 0 saturated heterocycles. The fourth-order valence-electron chi connectivity index (χ4n) is 2.30. The number of carbonyl (C=O) groups excluding carboxylic acids is 2. The molecule has 6 nitrogen and oxygen atoms in total. The SMILES string of the molecule is COC(=O)C(=O)N(Cc1ccc(C(F)(F)F)cn1)C(C)c1ncccc1F. The molecule has 0 aliphatic heterocycles. The number of esters is 1. The molecule has 0 aliphatic rings. The second kappa shape index (κ2) is 8.11. The van der Waals surface area contributed by atoms with Gasteiger partial charge in [-0.2, -0.15) is 13.2 Å². The first-order valence-corrected chi connectivity index (χ1v) is 7.66. The first-order chi connectivity index (χ1) is 12.6. The molecule has 0 N–H and O–H groups in total. The quantitative estimate of drug-likeness (QED) is 0.460. The Balaban J connectivity index is 2.34. The zero-order valence-electron chi connectivity index (χ0n) is 14.3. The normalized spacial score (nSPS) is 12.4. The molecule has 0 radical (unpaired) electrons. The summed E-state index contributed by atoms with van der Waals surface area (Å²) in [7, 11) is 1.00. The number of hydrogen-bond donors (Lipinski definition) is 0. The third-order valence-electron chi connectivity index (χ3n) is 3.76. The van der Waals surface area contributed by atoms with Gasteiger partial charge in [0.25, 0.3) is 0 Å². The Labute approximate surface area is 151 Å². The van der Waals surface area contributed by atoms with Crippen molar-refractivity contribution in [2.45, 2.75) is 25.7 Å². The van der Waals surface area contributed by atoms with Crippen LogP contribution in [-0.2, 0) is 27.0 Å². The van der Waals surface area contributed by atoms with Crippen molar-refractivity contribution in [3.63, 3.8) is 0 Å². The van der Waals surface area contributed by atoms with Gasteiger partial charge in [-0.3, -0.25) is 14.8 Å². The summed E-state index contributed by atoms with van der Waals surface area (Å²) in [6.45, 7) is 1.08. The molecular formula is C17H15F4N3O3. The van der Waals surface area contributed by atoms with Gasteiger partial charge in [0, 0.05) is 12.4 Å². The number of amides is 1. The molecule has 10 heteroatoms. The van der Waals surface area contributed by atoms with E-state index >= 15 is 0 Å². The summed E-state index contributed by atoms with van der Waals surface area (Å²) < 4.78 is 56.3. The Morgan fingerprint density at radius 3 is 2.44 bits per heavy atom. The van der Waals surface area contributed by atoms with Crippen LogP contribution in [0.1, 0.15) is 29.9 Å². The molecule has 1 amide bonds. The van der Waals surface area contributed by atoms with E-state index in [-0.39, 0.29) is 17.9 Å². The van der Waals surface area contributed by atoms with Crippen molar-refractivity contribution in [2.75, 3.05) is 7.11 Å². The maximum Gasteiger partial charge on any atom is 0.417 e. The summed E-state index contributed by atoms with van der Waals surface area (Å²) >= 11 is 0. The number of ether oxygens (including phenoxy) is 1. The van der Waals surface area contributed by atoms with E-state index in [4.69, 9.17) is 0 Å². The van der Waals surface area contributed by atoms with Crippen LogP contribution >= 0.6 is 0 Å². The van der Waals surface area contributed by atoms with Gasteiger partial charge in [-0.15, -0.1) is 0 Å². The summed E-state index contributed by atoms with van der Waals surface area (Å²) in [5.41, 5.74) is -0.994. The molecule has 2 aromatic rings. The molecule has 0 fully saturated rings. The van der Waals surface area contributed by atoms with Crippen LogP contribution in [0.5, 0.6) is 0 Å². The van der Waals surface area contributed by atoms with Crippen LogP contribution in [0.3, 0.4) is 0 Å². The summed E-state index contributed by atoms with van der Waals surface area (Å²) in [5.74, 6) is -3.00. The fraction of sp³-hybridized carbons (Fsp3) is 0.294. The topological polar surface area (TPSA) is 72.4 Å². The van der Waals surface area contributed by atoms with Crippen molar-refractivity contribution in [1.29, 1.82) is 0 Å². The van der Waals surface area contributed by atoms with Crippen LogP contribution in [0.2, 0.25) is 0 Å². The lowest BCUT2D eigenvalue weighted by atomic mass is 10.1. The number of hydrogen-bond acceptors (Lipinski definition) is 5. The van der Waals surface area contributed by atoms with E-state index in [0.29, 0.717) is 6.20 Å². The highest BCUT2D eigenvalue weighted by molar-refractivity contribution is 6.32. The lowest BCUT2D eigenvalue weighted by molar-refractivity contribution is -0.159. The molecule has 2 rings (SSSR count). The third kappa shape index (κ3) is 4.78. The minimum Gasteiger partial charge on any atom is -0.462 e. The predicted molar refractivity (Wildman–Crippen MR) is 84.4 cm³/mol. The Kier molecular flexibility index (Phi) is 6.09. The van der Waals surface area contributed by atoms with Crippen LogP contribution in [0.4, 0.5) is 17.6 Å². The van der Waals surface area contributed by atoms with Crippen LogP contribution in [0.25, 0.3) is 0 Å². The summed E-state index contributed by atoms with van der Waals surface area (Å²) in [6, 6.07) is 3.37. The number of halogens is 4. The first-order valence-electron chi connectivity index (χ1n) is 7.66. The molecule has 2 aromatic heterocycles. The van der Waals surface area contributed by atoms with Crippen LogP contribution < -0.4 is 0 Å².